The number of halogens is 2. The Hall–Kier alpha value is -2.13. The largest absolute Gasteiger partial charge is 0.467 e. The molecule has 0 fully saturated rings. The molecule has 3 rings (SSSR count). The molecule has 7 nitrogen and oxygen atoms in total. The highest BCUT2D eigenvalue weighted by Crippen LogP contribution is 2.26. The number of aromatic nitrogens is 3. The minimum absolute atomic E-state index is 0.0978. The quantitative estimate of drug-likeness (QED) is 0.557. The number of methoxy groups -OCH3 is 1. The first-order valence-corrected chi connectivity index (χ1v) is 11.1. The third kappa shape index (κ3) is 4.90. The molecule has 3 aromatic rings. The molecule has 0 amide bonds. The molecule has 0 radical (unpaired) electrons. The summed E-state index contributed by atoms with van der Waals surface area (Å²) >= 11 is 12.2. The van der Waals surface area contributed by atoms with Gasteiger partial charge in [-0.25, -0.2) is 13.1 Å². The van der Waals surface area contributed by atoms with Crippen molar-refractivity contribution in [2.45, 2.75) is 30.8 Å². The lowest BCUT2D eigenvalue weighted by Gasteiger charge is -2.20. The zero-order valence-electron chi connectivity index (χ0n) is 15.8. The van der Waals surface area contributed by atoms with Crippen LogP contribution in [0, 0.1) is 0 Å². The second-order valence-corrected chi connectivity index (χ2v) is 8.77. The van der Waals surface area contributed by atoms with Crippen molar-refractivity contribution in [3.05, 3.63) is 70.0 Å². The van der Waals surface area contributed by atoms with E-state index < -0.39 is 16.1 Å². The summed E-state index contributed by atoms with van der Waals surface area (Å²) in [6.07, 6.45) is 0.286. The van der Waals surface area contributed by atoms with Gasteiger partial charge >= 0.3 is 6.01 Å². The molecule has 1 aromatic heterocycles. The Kier molecular flexibility index (Phi) is 6.79. The number of rotatable bonds is 8. The first kappa shape index (κ1) is 21.6. The number of nitrogens with one attached hydrogen (secondary N) is 1. The van der Waals surface area contributed by atoms with Crippen LogP contribution in [-0.2, 0) is 23.0 Å². The summed E-state index contributed by atoms with van der Waals surface area (Å²) < 4.78 is 35.7. The van der Waals surface area contributed by atoms with E-state index in [1.54, 1.807) is 10.6 Å². The molecular weight excluding hydrogens is 435 g/mol. The molecule has 1 heterocycles. The molecule has 0 unspecified atom stereocenters. The van der Waals surface area contributed by atoms with Crippen LogP contribution in [0.4, 0.5) is 0 Å². The van der Waals surface area contributed by atoms with E-state index in [-0.39, 0.29) is 11.3 Å². The number of sulfonamides is 1. The second kappa shape index (κ2) is 9.13. The van der Waals surface area contributed by atoms with E-state index in [0.29, 0.717) is 28.4 Å². The van der Waals surface area contributed by atoms with Crippen molar-refractivity contribution >= 4 is 33.2 Å². The first-order chi connectivity index (χ1) is 13.9. The molecule has 0 aliphatic carbocycles. The van der Waals surface area contributed by atoms with Crippen LogP contribution >= 0.6 is 23.2 Å². The fraction of sp³-hybridized carbons (Fsp3) is 0.263. The number of ether oxygens (including phenoxy) is 1. The lowest BCUT2D eigenvalue weighted by atomic mass is 10.1. The van der Waals surface area contributed by atoms with E-state index in [0.717, 1.165) is 5.56 Å². The lowest BCUT2D eigenvalue weighted by molar-refractivity contribution is 0.354. The Bertz CT molecular complexity index is 1090. The highest BCUT2D eigenvalue weighted by atomic mass is 35.5. The number of hydrogen-bond donors (Lipinski definition) is 1. The second-order valence-electron chi connectivity index (χ2n) is 6.21. The van der Waals surface area contributed by atoms with Gasteiger partial charge in [-0.05, 0) is 49.2 Å². The van der Waals surface area contributed by atoms with Crippen molar-refractivity contribution in [3.8, 4) is 6.01 Å². The fourth-order valence-electron chi connectivity index (χ4n) is 2.94. The normalized spacial score (nSPS) is 12.7. The van der Waals surface area contributed by atoms with Crippen LogP contribution in [0.2, 0.25) is 10.0 Å². The topological polar surface area (TPSA) is 86.1 Å². The van der Waals surface area contributed by atoms with Crippen molar-refractivity contribution < 1.29 is 13.2 Å². The SMILES string of the molecule is CCn1c(OC)nnc1[C@@H](Cc1ccccc1Cl)NS(=O)(=O)c1ccc(Cl)cc1. The van der Waals surface area contributed by atoms with Gasteiger partial charge in [0.15, 0.2) is 5.82 Å². The third-order valence-corrected chi connectivity index (χ3v) is 6.47. The fourth-order valence-corrected chi connectivity index (χ4v) is 4.48. The van der Waals surface area contributed by atoms with Crippen molar-refractivity contribution in [2.24, 2.45) is 0 Å². The van der Waals surface area contributed by atoms with Crippen LogP contribution in [0.25, 0.3) is 0 Å². The summed E-state index contributed by atoms with van der Waals surface area (Å²) in [7, 11) is -2.37. The van der Waals surface area contributed by atoms with Crippen molar-refractivity contribution in [3.63, 3.8) is 0 Å². The van der Waals surface area contributed by atoms with Crippen molar-refractivity contribution in [2.75, 3.05) is 7.11 Å². The van der Waals surface area contributed by atoms with E-state index in [1.807, 2.05) is 25.1 Å². The Morgan fingerprint density at radius 2 is 1.79 bits per heavy atom. The average Bonchev–Trinajstić information content (AvgIpc) is 3.12. The maximum atomic E-state index is 13.0. The Balaban J connectivity index is 2.02. The molecule has 0 aliphatic heterocycles. The molecule has 1 atom stereocenters. The molecule has 154 valence electrons. The number of benzene rings is 2. The Labute approximate surface area is 179 Å². The van der Waals surface area contributed by atoms with Gasteiger partial charge in [0.05, 0.1) is 18.0 Å². The highest BCUT2D eigenvalue weighted by molar-refractivity contribution is 7.89. The zero-order chi connectivity index (χ0) is 21.0. The van der Waals surface area contributed by atoms with Crippen LogP contribution in [0.15, 0.2) is 53.4 Å². The maximum Gasteiger partial charge on any atom is 0.316 e. The summed E-state index contributed by atoms with van der Waals surface area (Å²) in [6, 6.07) is 12.8. The van der Waals surface area contributed by atoms with E-state index in [2.05, 4.69) is 14.9 Å². The summed E-state index contributed by atoms with van der Waals surface area (Å²) in [6.45, 7) is 2.41. The Morgan fingerprint density at radius 3 is 2.41 bits per heavy atom. The van der Waals surface area contributed by atoms with Gasteiger partial charge in [-0.2, -0.15) is 0 Å². The molecule has 0 saturated carbocycles. The van der Waals surface area contributed by atoms with Gasteiger partial charge in [0.2, 0.25) is 10.0 Å². The average molecular weight is 455 g/mol. The minimum Gasteiger partial charge on any atom is -0.467 e. The minimum atomic E-state index is -3.85. The van der Waals surface area contributed by atoms with Gasteiger partial charge in [0, 0.05) is 16.6 Å². The predicted molar refractivity (Wildman–Crippen MR) is 112 cm³/mol. The van der Waals surface area contributed by atoms with Gasteiger partial charge in [-0.15, -0.1) is 5.10 Å². The molecule has 0 spiro atoms. The summed E-state index contributed by atoms with van der Waals surface area (Å²) in [5.74, 6) is 0.432. The van der Waals surface area contributed by atoms with E-state index in [4.69, 9.17) is 27.9 Å². The lowest BCUT2D eigenvalue weighted by Crippen LogP contribution is -2.32. The molecule has 2 aromatic carbocycles. The molecule has 0 bridgehead atoms. The maximum absolute atomic E-state index is 13.0. The zero-order valence-corrected chi connectivity index (χ0v) is 18.2. The van der Waals surface area contributed by atoms with Gasteiger partial charge in [-0.1, -0.05) is 46.5 Å². The van der Waals surface area contributed by atoms with Crippen molar-refractivity contribution in [1.29, 1.82) is 0 Å². The van der Waals surface area contributed by atoms with Gasteiger partial charge in [-0.3, -0.25) is 4.57 Å². The molecule has 0 saturated heterocycles. The van der Waals surface area contributed by atoms with Gasteiger partial charge in [0.25, 0.3) is 0 Å². The van der Waals surface area contributed by atoms with Crippen LogP contribution in [0.5, 0.6) is 6.01 Å². The van der Waals surface area contributed by atoms with Crippen LogP contribution in [0.3, 0.4) is 0 Å². The molecule has 1 N–H and O–H groups in total. The van der Waals surface area contributed by atoms with Crippen LogP contribution in [-0.4, -0.2) is 30.3 Å². The predicted octanol–water partition coefficient (Wildman–Crippen LogP) is 3.88. The number of hydrogen-bond acceptors (Lipinski definition) is 5. The highest BCUT2D eigenvalue weighted by Gasteiger charge is 2.27. The van der Waals surface area contributed by atoms with Gasteiger partial charge < -0.3 is 4.74 Å². The van der Waals surface area contributed by atoms with Crippen molar-refractivity contribution in [1.82, 2.24) is 19.5 Å². The first-order valence-electron chi connectivity index (χ1n) is 8.84. The van der Waals surface area contributed by atoms with E-state index in [1.165, 1.54) is 31.4 Å². The summed E-state index contributed by atoms with van der Waals surface area (Å²) in [5, 5.41) is 9.17. The molecule has 10 heteroatoms. The van der Waals surface area contributed by atoms with Gasteiger partial charge in [0.1, 0.15) is 0 Å². The molecule has 29 heavy (non-hydrogen) atoms. The van der Waals surface area contributed by atoms with Crippen LogP contribution in [0.1, 0.15) is 24.4 Å². The summed E-state index contributed by atoms with van der Waals surface area (Å²) in [4.78, 5) is 0.0978. The monoisotopic (exact) mass is 454 g/mol. The summed E-state index contributed by atoms with van der Waals surface area (Å²) in [5.41, 5.74) is 0.780. The molecule has 0 aliphatic rings. The number of nitrogens with zero attached hydrogens (tertiary/aromatic N) is 3. The third-order valence-electron chi connectivity index (χ3n) is 4.36. The van der Waals surface area contributed by atoms with E-state index in [9.17, 15) is 8.42 Å². The standard InChI is InChI=1S/C19H20Cl2N4O3S/c1-3-25-18(22-23-19(25)28-2)17(12-13-6-4-5-7-16(13)21)24-29(26,27)15-10-8-14(20)9-11-15/h4-11,17,24H,3,12H2,1-2H3/t17-/m1/s1. The van der Waals surface area contributed by atoms with E-state index >= 15 is 0 Å². The molecular formula is C19H20Cl2N4O3S. The smallest absolute Gasteiger partial charge is 0.316 e. The van der Waals surface area contributed by atoms with Crippen LogP contribution < -0.4 is 9.46 Å². The Morgan fingerprint density at radius 1 is 1.10 bits per heavy atom.